The van der Waals surface area contributed by atoms with Gasteiger partial charge in [-0.05, 0) is 35.7 Å². The minimum absolute atomic E-state index is 0.213. The molecule has 3 aliphatic rings. The first-order chi connectivity index (χ1) is 12.2. The van der Waals surface area contributed by atoms with Crippen LogP contribution in [-0.4, -0.2) is 41.0 Å². The molecule has 1 N–H and O–H groups in total. The van der Waals surface area contributed by atoms with E-state index in [0.29, 0.717) is 24.4 Å². The smallest absolute Gasteiger partial charge is 0.227 e. The average molecular weight is 333 g/mol. The number of fused-ring (bicyclic) bond motifs is 2. The maximum Gasteiger partial charge on any atom is 0.227 e. The number of pyridine rings is 1. The van der Waals surface area contributed by atoms with Crippen molar-refractivity contribution < 1.29 is 4.79 Å². The number of allylic oxidation sites excluding steroid dienone is 1. The number of hydrogen-bond donors (Lipinski definition) is 1. The molecule has 2 aromatic rings. The molecule has 0 spiro atoms. The molecule has 4 heterocycles. The molecule has 3 aliphatic heterocycles. The number of nitrogens with zero attached hydrogens (tertiary/aromatic N) is 2. The maximum absolute atomic E-state index is 12.6. The second-order valence-corrected chi connectivity index (χ2v) is 6.90. The molecule has 0 saturated carbocycles. The fourth-order valence-corrected chi connectivity index (χ4v) is 4.00. The summed E-state index contributed by atoms with van der Waals surface area (Å²) in [4.78, 5) is 18.6. The molecule has 1 aromatic carbocycles. The van der Waals surface area contributed by atoms with Gasteiger partial charge in [-0.3, -0.25) is 9.78 Å². The van der Waals surface area contributed by atoms with Gasteiger partial charge in [0, 0.05) is 43.5 Å². The molecular weight excluding hydrogens is 310 g/mol. The van der Waals surface area contributed by atoms with E-state index in [2.05, 4.69) is 46.7 Å². The van der Waals surface area contributed by atoms with Gasteiger partial charge in [0.05, 0.1) is 6.42 Å². The van der Waals surface area contributed by atoms with E-state index in [1.807, 2.05) is 24.0 Å². The van der Waals surface area contributed by atoms with Crippen LogP contribution >= 0.6 is 0 Å². The number of carbonyl (C=O) groups excluding carboxylic acids is 1. The number of benzene rings is 1. The Morgan fingerprint density at radius 2 is 1.84 bits per heavy atom. The largest absolute Gasteiger partial charge is 0.339 e. The van der Waals surface area contributed by atoms with Crippen LogP contribution in [0.1, 0.15) is 29.5 Å². The summed E-state index contributed by atoms with van der Waals surface area (Å²) in [7, 11) is 0. The van der Waals surface area contributed by atoms with Crippen molar-refractivity contribution >= 4 is 12.0 Å². The molecule has 4 nitrogen and oxygen atoms in total. The monoisotopic (exact) mass is 333 g/mol. The van der Waals surface area contributed by atoms with Crippen molar-refractivity contribution in [3.05, 3.63) is 71.6 Å². The highest BCUT2D eigenvalue weighted by atomic mass is 16.2. The number of hydrogen-bond acceptors (Lipinski definition) is 3. The van der Waals surface area contributed by atoms with Crippen molar-refractivity contribution in [2.45, 2.75) is 31.3 Å². The van der Waals surface area contributed by atoms with E-state index in [-0.39, 0.29) is 5.91 Å². The fourth-order valence-electron chi connectivity index (χ4n) is 4.00. The van der Waals surface area contributed by atoms with Crippen LogP contribution in [0.4, 0.5) is 0 Å². The van der Waals surface area contributed by atoms with E-state index < -0.39 is 0 Å². The van der Waals surface area contributed by atoms with Crippen LogP contribution in [0.2, 0.25) is 0 Å². The highest BCUT2D eigenvalue weighted by Crippen LogP contribution is 2.37. The Bertz CT molecular complexity index is 757. The third kappa shape index (κ3) is 3.22. The lowest BCUT2D eigenvalue weighted by molar-refractivity contribution is -0.135. The van der Waals surface area contributed by atoms with Crippen LogP contribution < -0.4 is 5.32 Å². The molecular formula is C21H23N3O. The summed E-state index contributed by atoms with van der Waals surface area (Å²) < 4.78 is 0. The molecule has 128 valence electrons. The standard InChI is InChI=1S/C21H23N3O/c1-2-3-15-4-6-17(7-5-15)21-18-13-24(14-19(21)23-18)20(25)12-16-8-10-22-11-9-16/h2-11,18-19,21,23H,12-14H2,1H3/b3-2+/t18-,19+,21?. The van der Waals surface area contributed by atoms with E-state index in [4.69, 9.17) is 0 Å². The molecule has 0 radical (unpaired) electrons. The van der Waals surface area contributed by atoms with Gasteiger partial charge in [0.1, 0.15) is 0 Å². The summed E-state index contributed by atoms with van der Waals surface area (Å²) in [6.45, 7) is 3.62. The summed E-state index contributed by atoms with van der Waals surface area (Å²) in [6, 6.07) is 13.4. The lowest BCUT2D eigenvalue weighted by Gasteiger charge is -2.54. The van der Waals surface area contributed by atoms with Crippen molar-refractivity contribution in [3.8, 4) is 0 Å². The van der Waals surface area contributed by atoms with Crippen LogP contribution in [0.25, 0.3) is 6.08 Å². The number of amides is 1. The van der Waals surface area contributed by atoms with Gasteiger partial charge >= 0.3 is 0 Å². The Labute approximate surface area is 148 Å². The molecule has 4 heteroatoms. The van der Waals surface area contributed by atoms with Crippen LogP contribution in [0.3, 0.4) is 0 Å². The van der Waals surface area contributed by atoms with E-state index >= 15 is 0 Å². The zero-order chi connectivity index (χ0) is 17.2. The quantitative estimate of drug-likeness (QED) is 0.935. The number of piperazine rings is 1. The van der Waals surface area contributed by atoms with Gasteiger partial charge in [0.2, 0.25) is 5.91 Å². The van der Waals surface area contributed by atoms with Gasteiger partial charge in [-0.2, -0.15) is 0 Å². The fraction of sp³-hybridized carbons (Fsp3) is 0.333. The van der Waals surface area contributed by atoms with Gasteiger partial charge in [-0.15, -0.1) is 0 Å². The van der Waals surface area contributed by atoms with Gasteiger partial charge in [-0.25, -0.2) is 0 Å². The average Bonchev–Trinajstić information content (AvgIpc) is 2.64. The third-order valence-corrected chi connectivity index (χ3v) is 5.27. The normalized spacial score (nSPS) is 25.0. The Kier molecular flexibility index (Phi) is 4.36. The predicted octanol–water partition coefficient (Wildman–Crippen LogP) is 2.62. The van der Waals surface area contributed by atoms with Gasteiger partial charge in [0.15, 0.2) is 0 Å². The summed E-state index contributed by atoms with van der Waals surface area (Å²) in [5.74, 6) is 0.731. The van der Waals surface area contributed by atoms with E-state index in [9.17, 15) is 4.79 Å². The maximum atomic E-state index is 12.6. The van der Waals surface area contributed by atoms with Gasteiger partial charge in [-0.1, -0.05) is 36.4 Å². The first kappa shape index (κ1) is 16.0. The van der Waals surface area contributed by atoms with Gasteiger partial charge < -0.3 is 10.2 Å². The number of aromatic nitrogens is 1. The topological polar surface area (TPSA) is 45.2 Å². The van der Waals surface area contributed by atoms with Crippen molar-refractivity contribution in [3.63, 3.8) is 0 Å². The van der Waals surface area contributed by atoms with Crippen LogP contribution in [0.5, 0.6) is 0 Å². The van der Waals surface area contributed by atoms with Crippen molar-refractivity contribution in [2.24, 2.45) is 0 Å². The zero-order valence-corrected chi connectivity index (χ0v) is 14.4. The third-order valence-electron chi connectivity index (χ3n) is 5.27. The number of piperidine rings is 1. The molecule has 3 atom stereocenters. The van der Waals surface area contributed by atoms with Crippen LogP contribution in [0, 0.1) is 0 Å². The number of carbonyl (C=O) groups is 1. The first-order valence-corrected chi connectivity index (χ1v) is 8.90. The lowest BCUT2D eigenvalue weighted by Crippen LogP contribution is -2.72. The second kappa shape index (κ2) is 6.81. The molecule has 1 aromatic heterocycles. The van der Waals surface area contributed by atoms with E-state index in [1.54, 1.807) is 12.4 Å². The lowest BCUT2D eigenvalue weighted by atomic mass is 9.74. The molecule has 1 amide bonds. The molecule has 2 bridgehead atoms. The SMILES string of the molecule is C/C=C/c1ccc(C2[C@@H]3CN(C(=O)Cc4ccncc4)C[C@H]2N3)cc1. The summed E-state index contributed by atoms with van der Waals surface area (Å²) in [5.41, 5.74) is 3.64. The minimum Gasteiger partial charge on any atom is -0.339 e. The molecule has 3 fully saturated rings. The van der Waals surface area contributed by atoms with Crippen LogP contribution in [-0.2, 0) is 11.2 Å². The Morgan fingerprint density at radius 3 is 2.48 bits per heavy atom. The molecule has 25 heavy (non-hydrogen) atoms. The summed E-state index contributed by atoms with van der Waals surface area (Å²) in [6.07, 6.45) is 8.12. The van der Waals surface area contributed by atoms with E-state index in [1.165, 1.54) is 11.1 Å². The van der Waals surface area contributed by atoms with Gasteiger partial charge in [0.25, 0.3) is 0 Å². The van der Waals surface area contributed by atoms with Crippen LogP contribution in [0.15, 0.2) is 54.9 Å². The minimum atomic E-state index is 0.213. The zero-order valence-electron chi connectivity index (χ0n) is 14.4. The first-order valence-electron chi connectivity index (χ1n) is 8.90. The summed E-state index contributed by atoms with van der Waals surface area (Å²) >= 11 is 0. The number of nitrogens with one attached hydrogen (secondary N) is 1. The molecule has 3 saturated heterocycles. The van der Waals surface area contributed by atoms with E-state index in [0.717, 1.165) is 18.7 Å². The summed E-state index contributed by atoms with van der Waals surface area (Å²) in [5, 5.41) is 3.60. The Morgan fingerprint density at radius 1 is 1.16 bits per heavy atom. The Balaban J connectivity index is 1.39. The molecule has 0 aliphatic carbocycles. The molecule has 5 rings (SSSR count). The second-order valence-electron chi connectivity index (χ2n) is 6.90. The number of rotatable bonds is 4. The van der Waals surface area contributed by atoms with Crippen molar-refractivity contribution in [2.75, 3.05) is 13.1 Å². The molecule has 1 unspecified atom stereocenters. The highest BCUT2D eigenvalue weighted by molar-refractivity contribution is 5.79. The highest BCUT2D eigenvalue weighted by Gasteiger charge is 2.47. The van der Waals surface area contributed by atoms with Crippen molar-refractivity contribution in [1.82, 2.24) is 15.2 Å². The van der Waals surface area contributed by atoms with Crippen molar-refractivity contribution in [1.29, 1.82) is 0 Å². The predicted molar refractivity (Wildman–Crippen MR) is 99.1 cm³/mol. The Hall–Kier alpha value is -2.46.